The lowest BCUT2D eigenvalue weighted by Crippen LogP contribution is -2.34. The van der Waals surface area contributed by atoms with Crippen LogP contribution in [0.3, 0.4) is 0 Å². The maximum absolute atomic E-state index is 12.8. The summed E-state index contributed by atoms with van der Waals surface area (Å²) in [7, 11) is 2.94. The van der Waals surface area contributed by atoms with Gasteiger partial charge in [-0.3, -0.25) is 9.59 Å². The molecule has 0 aliphatic rings. The molecule has 0 radical (unpaired) electrons. The number of carbonyl (C=O) groups excluding carboxylic acids is 2. The van der Waals surface area contributed by atoms with Gasteiger partial charge in [-0.1, -0.05) is 35.9 Å². The van der Waals surface area contributed by atoms with Crippen molar-refractivity contribution < 1.29 is 19.1 Å². The van der Waals surface area contributed by atoms with Gasteiger partial charge in [0, 0.05) is 18.1 Å². The summed E-state index contributed by atoms with van der Waals surface area (Å²) in [6, 6.07) is 14.7. The molecule has 2 aromatic rings. The van der Waals surface area contributed by atoms with Crippen LogP contribution in [0.15, 0.2) is 48.5 Å². The molecular weight excluding hydrogens is 354 g/mol. The molecule has 1 amide bonds. The van der Waals surface area contributed by atoms with E-state index in [0.717, 1.165) is 16.9 Å². The number of halogens is 1. The van der Waals surface area contributed by atoms with E-state index in [1.54, 1.807) is 24.1 Å². The Morgan fingerprint density at radius 1 is 0.962 bits per heavy atom. The lowest BCUT2D eigenvalue weighted by molar-refractivity contribution is -0.141. The average molecular weight is 376 g/mol. The van der Waals surface area contributed by atoms with Crippen LogP contribution in [0.2, 0.25) is 5.02 Å². The Balaban J connectivity index is 2.08. The molecule has 2 rings (SSSR count). The van der Waals surface area contributed by atoms with E-state index in [0.29, 0.717) is 18.1 Å². The topological polar surface area (TPSA) is 55.8 Å². The van der Waals surface area contributed by atoms with Gasteiger partial charge in [-0.15, -0.1) is 0 Å². The molecule has 138 valence electrons. The number of hydrogen-bond acceptors (Lipinski definition) is 4. The largest absolute Gasteiger partial charge is 0.497 e. The van der Waals surface area contributed by atoms with Crippen LogP contribution in [0.1, 0.15) is 17.5 Å². The van der Waals surface area contributed by atoms with Gasteiger partial charge in [0.25, 0.3) is 0 Å². The zero-order valence-electron chi connectivity index (χ0n) is 14.9. The Labute approximate surface area is 158 Å². The van der Waals surface area contributed by atoms with Gasteiger partial charge < -0.3 is 14.4 Å². The Kier molecular flexibility index (Phi) is 7.48. The molecule has 0 spiro atoms. The summed E-state index contributed by atoms with van der Waals surface area (Å²) < 4.78 is 9.81. The predicted molar refractivity (Wildman–Crippen MR) is 100 cm³/mol. The third-order valence-corrected chi connectivity index (χ3v) is 4.22. The van der Waals surface area contributed by atoms with E-state index in [1.807, 2.05) is 36.4 Å². The molecule has 0 heterocycles. The molecular formula is C20H22ClNO4. The molecule has 0 aliphatic carbocycles. The summed E-state index contributed by atoms with van der Waals surface area (Å²) in [6.45, 7) is 0.702. The number of rotatable bonds is 8. The number of methoxy groups -OCH3 is 2. The molecule has 0 aromatic heterocycles. The maximum Gasteiger partial charge on any atom is 0.307 e. The van der Waals surface area contributed by atoms with Crippen LogP contribution in [-0.4, -0.2) is 37.5 Å². The van der Waals surface area contributed by atoms with Crippen LogP contribution in [0, 0.1) is 0 Å². The minimum absolute atomic E-state index is 0.0611. The van der Waals surface area contributed by atoms with Crippen molar-refractivity contribution in [2.45, 2.75) is 19.4 Å². The summed E-state index contributed by atoms with van der Waals surface area (Å²) in [4.78, 5) is 25.9. The molecule has 0 saturated heterocycles. The number of ether oxygens (including phenoxy) is 2. The second kappa shape index (κ2) is 9.82. The normalized spacial score (nSPS) is 10.3. The molecule has 26 heavy (non-hydrogen) atoms. The molecule has 0 unspecified atom stereocenters. The summed E-state index contributed by atoms with van der Waals surface area (Å²) in [5.74, 6) is 0.335. The third-order valence-electron chi connectivity index (χ3n) is 3.97. The fraction of sp³-hybridized carbons (Fsp3) is 0.300. The number of hydrogen-bond donors (Lipinski definition) is 0. The number of esters is 1. The summed E-state index contributed by atoms with van der Waals surface area (Å²) in [6.07, 6.45) is 0.400. The highest BCUT2D eigenvalue weighted by Crippen LogP contribution is 2.15. The van der Waals surface area contributed by atoms with Gasteiger partial charge in [0.1, 0.15) is 5.75 Å². The zero-order valence-corrected chi connectivity index (χ0v) is 15.7. The minimum atomic E-state index is -0.344. The highest BCUT2D eigenvalue weighted by Gasteiger charge is 2.16. The summed E-state index contributed by atoms with van der Waals surface area (Å²) in [5, 5.41) is 0.638. The summed E-state index contributed by atoms with van der Waals surface area (Å²) >= 11 is 5.91. The van der Waals surface area contributed by atoms with E-state index in [2.05, 4.69) is 4.74 Å². The number of benzene rings is 2. The SMILES string of the molecule is COC(=O)CCN(Cc1ccc(Cl)cc1)C(=O)Cc1ccc(OC)cc1. The smallest absolute Gasteiger partial charge is 0.307 e. The molecule has 5 nitrogen and oxygen atoms in total. The van der Waals surface area contributed by atoms with Crippen molar-refractivity contribution in [1.82, 2.24) is 4.90 Å². The molecule has 6 heteroatoms. The number of amides is 1. The molecule has 0 bridgehead atoms. The lowest BCUT2D eigenvalue weighted by Gasteiger charge is -2.23. The molecule has 0 atom stereocenters. The molecule has 0 saturated carbocycles. The van der Waals surface area contributed by atoms with E-state index >= 15 is 0 Å². The van der Waals surface area contributed by atoms with Crippen LogP contribution < -0.4 is 4.74 Å². The maximum atomic E-state index is 12.8. The van der Waals surface area contributed by atoms with E-state index in [-0.39, 0.29) is 24.7 Å². The van der Waals surface area contributed by atoms with Crippen molar-refractivity contribution in [3.8, 4) is 5.75 Å². The first-order chi connectivity index (χ1) is 12.5. The first kappa shape index (κ1) is 19.8. The fourth-order valence-corrected chi connectivity index (χ4v) is 2.59. The Morgan fingerprint density at radius 3 is 2.15 bits per heavy atom. The van der Waals surface area contributed by atoms with E-state index in [4.69, 9.17) is 16.3 Å². The van der Waals surface area contributed by atoms with Crippen molar-refractivity contribution >= 4 is 23.5 Å². The quantitative estimate of drug-likeness (QED) is 0.663. The summed E-state index contributed by atoms with van der Waals surface area (Å²) in [5.41, 5.74) is 1.83. The van der Waals surface area contributed by atoms with Gasteiger partial charge in [-0.05, 0) is 35.4 Å². The molecule has 2 aromatic carbocycles. The van der Waals surface area contributed by atoms with Crippen molar-refractivity contribution in [3.05, 3.63) is 64.7 Å². The van der Waals surface area contributed by atoms with Gasteiger partial charge in [0.15, 0.2) is 0 Å². The van der Waals surface area contributed by atoms with Gasteiger partial charge in [-0.2, -0.15) is 0 Å². The van der Waals surface area contributed by atoms with E-state index < -0.39 is 0 Å². The Hall–Kier alpha value is -2.53. The van der Waals surface area contributed by atoms with Crippen LogP contribution in [0.25, 0.3) is 0 Å². The van der Waals surface area contributed by atoms with Gasteiger partial charge in [0.2, 0.25) is 5.91 Å². The Morgan fingerprint density at radius 2 is 1.58 bits per heavy atom. The minimum Gasteiger partial charge on any atom is -0.497 e. The van der Waals surface area contributed by atoms with Gasteiger partial charge >= 0.3 is 5.97 Å². The van der Waals surface area contributed by atoms with Gasteiger partial charge in [-0.25, -0.2) is 0 Å². The van der Waals surface area contributed by atoms with Crippen molar-refractivity contribution in [2.75, 3.05) is 20.8 Å². The average Bonchev–Trinajstić information content (AvgIpc) is 2.66. The van der Waals surface area contributed by atoms with Gasteiger partial charge in [0.05, 0.1) is 27.1 Å². The van der Waals surface area contributed by atoms with Crippen molar-refractivity contribution in [2.24, 2.45) is 0 Å². The standard InChI is InChI=1S/C20H22ClNO4/c1-25-18-9-5-15(6-10-18)13-19(23)22(12-11-20(24)26-2)14-16-3-7-17(21)8-4-16/h3-10H,11-14H2,1-2H3. The highest BCUT2D eigenvalue weighted by molar-refractivity contribution is 6.30. The van der Waals surface area contributed by atoms with Crippen molar-refractivity contribution in [3.63, 3.8) is 0 Å². The fourth-order valence-electron chi connectivity index (χ4n) is 2.46. The molecule has 0 aliphatic heterocycles. The van der Waals surface area contributed by atoms with Crippen LogP contribution in [0.5, 0.6) is 5.75 Å². The number of carbonyl (C=O) groups is 2. The first-order valence-corrected chi connectivity index (χ1v) is 8.61. The monoisotopic (exact) mass is 375 g/mol. The van der Waals surface area contributed by atoms with E-state index in [9.17, 15) is 9.59 Å². The molecule has 0 fully saturated rings. The second-order valence-electron chi connectivity index (χ2n) is 5.79. The first-order valence-electron chi connectivity index (χ1n) is 8.23. The zero-order chi connectivity index (χ0) is 18.9. The second-order valence-corrected chi connectivity index (χ2v) is 6.23. The van der Waals surface area contributed by atoms with Crippen LogP contribution >= 0.6 is 11.6 Å². The molecule has 0 N–H and O–H groups in total. The lowest BCUT2D eigenvalue weighted by atomic mass is 10.1. The van der Waals surface area contributed by atoms with Crippen molar-refractivity contribution in [1.29, 1.82) is 0 Å². The van der Waals surface area contributed by atoms with E-state index in [1.165, 1.54) is 7.11 Å². The highest BCUT2D eigenvalue weighted by atomic mass is 35.5. The van der Waals surface area contributed by atoms with Crippen LogP contribution in [0.4, 0.5) is 0 Å². The number of nitrogens with zero attached hydrogens (tertiary/aromatic N) is 1. The third kappa shape index (κ3) is 6.08. The Bertz CT molecular complexity index is 728. The predicted octanol–water partition coefficient (Wildman–Crippen LogP) is 3.48. The van der Waals surface area contributed by atoms with Crippen LogP contribution in [-0.2, 0) is 27.3 Å².